The maximum atomic E-state index is 13.1. The van der Waals surface area contributed by atoms with Crippen LogP contribution in [0, 0.1) is 12.7 Å². The molecule has 1 aromatic heterocycles. The summed E-state index contributed by atoms with van der Waals surface area (Å²) < 4.78 is 26.4. The molecule has 3 aromatic carbocycles. The number of thioether (sulfide) groups is 1. The van der Waals surface area contributed by atoms with E-state index in [9.17, 15) is 9.18 Å². The van der Waals surface area contributed by atoms with Gasteiger partial charge in [-0.05, 0) is 74.5 Å². The molecule has 7 nitrogen and oxygen atoms in total. The van der Waals surface area contributed by atoms with E-state index < -0.39 is 0 Å². The van der Waals surface area contributed by atoms with Gasteiger partial charge in [-0.3, -0.25) is 9.36 Å². The van der Waals surface area contributed by atoms with Crippen molar-refractivity contribution in [3.63, 3.8) is 0 Å². The van der Waals surface area contributed by atoms with Gasteiger partial charge in [0.05, 0.1) is 12.4 Å². The highest BCUT2D eigenvalue weighted by Crippen LogP contribution is 2.25. The van der Waals surface area contributed by atoms with E-state index in [-0.39, 0.29) is 24.1 Å². The fourth-order valence-electron chi connectivity index (χ4n) is 3.25. The van der Waals surface area contributed by atoms with Crippen LogP contribution in [0.25, 0.3) is 5.69 Å². The second kappa shape index (κ2) is 11.5. The molecule has 0 aliphatic carbocycles. The molecule has 0 aliphatic rings. The Bertz CT molecular complexity index is 1260. The van der Waals surface area contributed by atoms with Gasteiger partial charge in [0, 0.05) is 11.4 Å². The molecule has 0 unspecified atom stereocenters. The van der Waals surface area contributed by atoms with Gasteiger partial charge in [0.1, 0.15) is 23.9 Å². The Balaban J connectivity index is 1.51. The highest BCUT2D eigenvalue weighted by molar-refractivity contribution is 7.99. The minimum Gasteiger partial charge on any atom is -0.494 e. The lowest BCUT2D eigenvalue weighted by molar-refractivity contribution is -0.113. The fourth-order valence-corrected chi connectivity index (χ4v) is 4.02. The maximum absolute atomic E-state index is 13.1. The number of aryl methyl sites for hydroxylation is 1. The highest BCUT2D eigenvalue weighted by atomic mass is 32.2. The number of amides is 1. The quantitative estimate of drug-likeness (QED) is 0.298. The van der Waals surface area contributed by atoms with E-state index in [1.54, 1.807) is 0 Å². The normalized spacial score (nSPS) is 10.7. The molecule has 0 bridgehead atoms. The molecule has 180 valence electrons. The van der Waals surface area contributed by atoms with Gasteiger partial charge in [-0.25, -0.2) is 4.39 Å². The SMILES string of the molecule is CCOc1ccc(-n2c(COc3ccc(C)cc3)nnc2SCC(=O)Nc2ccc(F)cc2)cc1. The number of nitrogens with one attached hydrogen (secondary N) is 1. The molecule has 0 spiro atoms. The molecule has 0 atom stereocenters. The fraction of sp³-hybridized carbons (Fsp3) is 0.192. The standard InChI is InChI=1S/C26H25FN4O3S/c1-3-33-22-14-10-21(11-15-22)31-24(16-34-23-12-4-18(2)5-13-23)29-30-26(31)35-17-25(32)28-20-8-6-19(27)7-9-20/h4-15H,3,16-17H2,1-2H3,(H,28,32). The monoisotopic (exact) mass is 492 g/mol. The number of aromatic nitrogens is 3. The summed E-state index contributed by atoms with van der Waals surface area (Å²) in [5.41, 5.74) is 2.49. The summed E-state index contributed by atoms with van der Waals surface area (Å²) >= 11 is 1.25. The van der Waals surface area contributed by atoms with E-state index in [0.717, 1.165) is 22.7 Å². The van der Waals surface area contributed by atoms with Crippen LogP contribution in [-0.4, -0.2) is 33.0 Å². The lowest BCUT2D eigenvalue weighted by Gasteiger charge is -2.12. The summed E-state index contributed by atoms with van der Waals surface area (Å²) in [6.45, 7) is 4.72. The van der Waals surface area contributed by atoms with Crippen LogP contribution in [0.2, 0.25) is 0 Å². The molecule has 0 radical (unpaired) electrons. The highest BCUT2D eigenvalue weighted by Gasteiger charge is 2.17. The van der Waals surface area contributed by atoms with Crippen LogP contribution < -0.4 is 14.8 Å². The molecular weight excluding hydrogens is 467 g/mol. The van der Waals surface area contributed by atoms with Gasteiger partial charge in [0.2, 0.25) is 5.91 Å². The molecule has 0 saturated heterocycles. The number of hydrogen-bond acceptors (Lipinski definition) is 6. The minimum absolute atomic E-state index is 0.103. The average Bonchev–Trinajstić information content (AvgIpc) is 3.27. The van der Waals surface area contributed by atoms with Crippen molar-refractivity contribution < 1.29 is 18.7 Å². The number of benzene rings is 3. The smallest absolute Gasteiger partial charge is 0.234 e. The molecule has 35 heavy (non-hydrogen) atoms. The van der Waals surface area contributed by atoms with E-state index in [0.29, 0.717) is 23.3 Å². The topological polar surface area (TPSA) is 78.3 Å². The number of rotatable bonds is 10. The summed E-state index contributed by atoms with van der Waals surface area (Å²) in [4.78, 5) is 12.5. The summed E-state index contributed by atoms with van der Waals surface area (Å²) in [7, 11) is 0. The van der Waals surface area contributed by atoms with Gasteiger partial charge in [0.25, 0.3) is 0 Å². The zero-order valence-electron chi connectivity index (χ0n) is 19.4. The molecule has 9 heteroatoms. The zero-order valence-corrected chi connectivity index (χ0v) is 20.2. The Morgan fingerprint density at radius 2 is 1.60 bits per heavy atom. The number of ether oxygens (including phenoxy) is 2. The van der Waals surface area contributed by atoms with Crippen molar-refractivity contribution in [3.8, 4) is 17.2 Å². The largest absolute Gasteiger partial charge is 0.494 e. The first-order chi connectivity index (χ1) is 17.0. The van der Waals surface area contributed by atoms with E-state index in [1.807, 2.05) is 66.9 Å². The van der Waals surface area contributed by atoms with E-state index in [4.69, 9.17) is 9.47 Å². The van der Waals surface area contributed by atoms with Crippen molar-refractivity contribution in [3.05, 3.63) is 90.0 Å². The summed E-state index contributed by atoms with van der Waals surface area (Å²) in [5.74, 6) is 1.59. The number of hydrogen-bond donors (Lipinski definition) is 1. The third kappa shape index (κ3) is 6.60. The third-order valence-corrected chi connectivity index (χ3v) is 5.88. The van der Waals surface area contributed by atoms with E-state index in [2.05, 4.69) is 15.5 Å². The van der Waals surface area contributed by atoms with Crippen molar-refractivity contribution in [1.29, 1.82) is 0 Å². The first kappa shape index (κ1) is 24.3. The van der Waals surface area contributed by atoms with Crippen LogP contribution in [0.4, 0.5) is 10.1 Å². The van der Waals surface area contributed by atoms with Gasteiger partial charge in [-0.1, -0.05) is 29.5 Å². The number of halogens is 1. The van der Waals surface area contributed by atoms with Crippen LogP contribution in [0.5, 0.6) is 11.5 Å². The average molecular weight is 493 g/mol. The molecule has 4 aromatic rings. The number of nitrogens with zero attached hydrogens (tertiary/aromatic N) is 3. The number of carbonyl (C=O) groups excluding carboxylic acids is 1. The molecule has 0 saturated carbocycles. The predicted octanol–water partition coefficient (Wildman–Crippen LogP) is 5.42. The zero-order chi connectivity index (χ0) is 24.6. The minimum atomic E-state index is -0.360. The second-order valence-electron chi connectivity index (χ2n) is 7.61. The molecule has 0 aliphatic heterocycles. The molecule has 4 rings (SSSR count). The molecule has 1 N–H and O–H groups in total. The van der Waals surface area contributed by atoms with Gasteiger partial charge in [0.15, 0.2) is 11.0 Å². The van der Waals surface area contributed by atoms with Crippen LogP contribution in [-0.2, 0) is 11.4 Å². The van der Waals surface area contributed by atoms with Crippen molar-refractivity contribution in [2.45, 2.75) is 25.6 Å². The van der Waals surface area contributed by atoms with Gasteiger partial charge in [-0.2, -0.15) is 0 Å². The molecule has 1 heterocycles. The molecule has 0 fully saturated rings. The Morgan fingerprint density at radius 3 is 2.29 bits per heavy atom. The van der Waals surface area contributed by atoms with Crippen molar-refractivity contribution >= 4 is 23.4 Å². The molecular formula is C26H25FN4O3S. The van der Waals surface area contributed by atoms with Gasteiger partial charge in [-0.15, -0.1) is 10.2 Å². The maximum Gasteiger partial charge on any atom is 0.234 e. The third-order valence-electron chi connectivity index (χ3n) is 4.96. The summed E-state index contributed by atoms with van der Waals surface area (Å²) in [5, 5.41) is 11.9. The van der Waals surface area contributed by atoms with E-state index in [1.165, 1.54) is 36.0 Å². The summed E-state index contributed by atoms with van der Waals surface area (Å²) in [6, 6.07) is 21.0. The van der Waals surface area contributed by atoms with Gasteiger partial charge < -0.3 is 14.8 Å². The van der Waals surface area contributed by atoms with Crippen LogP contribution in [0.15, 0.2) is 78.0 Å². The lowest BCUT2D eigenvalue weighted by Crippen LogP contribution is -2.14. The Morgan fingerprint density at radius 1 is 0.943 bits per heavy atom. The van der Waals surface area contributed by atoms with Gasteiger partial charge >= 0.3 is 0 Å². The van der Waals surface area contributed by atoms with Crippen LogP contribution in [0.3, 0.4) is 0 Å². The van der Waals surface area contributed by atoms with Crippen molar-refractivity contribution in [2.24, 2.45) is 0 Å². The van der Waals surface area contributed by atoms with Crippen molar-refractivity contribution in [2.75, 3.05) is 17.7 Å². The van der Waals surface area contributed by atoms with Crippen molar-refractivity contribution in [1.82, 2.24) is 14.8 Å². The number of carbonyl (C=O) groups is 1. The Hall–Kier alpha value is -3.85. The second-order valence-corrected chi connectivity index (χ2v) is 8.55. The lowest BCUT2D eigenvalue weighted by atomic mass is 10.2. The first-order valence-corrected chi connectivity index (χ1v) is 12.1. The molecule has 1 amide bonds. The van der Waals surface area contributed by atoms with Crippen LogP contribution in [0.1, 0.15) is 18.3 Å². The van der Waals surface area contributed by atoms with Crippen LogP contribution >= 0.6 is 11.8 Å². The predicted molar refractivity (Wildman–Crippen MR) is 134 cm³/mol. The first-order valence-electron chi connectivity index (χ1n) is 11.1. The Kier molecular flexibility index (Phi) is 7.99. The Labute approximate surface area is 207 Å². The summed E-state index contributed by atoms with van der Waals surface area (Å²) in [6.07, 6.45) is 0. The number of anilines is 1. The van der Waals surface area contributed by atoms with E-state index >= 15 is 0 Å².